The molecular weight excluding hydrogens is 378 g/mol. The third kappa shape index (κ3) is 6.43. The van der Waals surface area contributed by atoms with Crippen LogP contribution < -0.4 is 11.1 Å². The van der Waals surface area contributed by atoms with Gasteiger partial charge in [0.25, 0.3) is 0 Å². The summed E-state index contributed by atoms with van der Waals surface area (Å²) in [6.45, 7) is 5.25. The molecule has 3 atom stereocenters. The summed E-state index contributed by atoms with van der Waals surface area (Å²) >= 11 is 0. The van der Waals surface area contributed by atoms with E-state index in [1.165, 1.54) is 12.0 Å². The van der Waals surface area contributed by atoms with Gasteiger partial charge in [0, 0.05) is 12.1 Å². The minimum atomic E-state index is -0.827. The number of benzene rings is 1. The van der Waals surface area contributed by atoms with Crippen LogP contribution in [0.3, 0.4) is 0 Å². The lowest BCUT2D eigenvalue weighted by Gasteiger charge is -2.27. The number of esters is 1. The highest BCUT2D eigenvalue weighted by Gasteiger charge is 2.40. The fraction of sp³-hybridized carbons (Fsp3) is 0.550. The zero-order valence-electron chi connectivity index (χ0n) is 17.2. The summed E-state index contributed by atoms with van der Waals surface area (Å²) in [5.74, 6) is -0.907. The summed E-state index contributed by atoms with van der Waals surface area (Å²) in [4.78, 5) is 37.7. The SMILES string of the molecule is COC(=O)[C@@H](N)Cc1ccc(NC(=O)[C@@H]2CC(O)CN2C(=O)OC(C)(C)C)cc1. The molecule has 1 aliphatic rings. The number of hydrogen-bond donors (Lipinski definition) is 3. The Morgan fingerprint density at radius 3 is 2.45 bits per heavy atom. The van der Waals surface area contributed by atoms with Gasteiger partial charge in [-0.1, -0.05) is 12.1 Å². The second kappa shape index (κ2) is 9.23. The third-order valence-electron chi connectivity index (χ3n) is 4.39. The van der Waals surface area contributed by atoms with Crippen molar-refractivity contribution in [3.05, 3.63) is 29.8 Å². The second-order valence-electron chi connectivity index (χ2n) is 8.06. The van der Waals surface area contributed by atoms with Crippen LogP contribution in [0, 0.1) is 0 Å². The number of methoxy groups -OCH3 is 1. The Balaban J connectivity index is 2.01. The van der Waals surface area contributed by atoms with E-state index in [-0.39, 0.29) is 13.0 Å². The summed E-state index contributed by atoms with van der Waals surface area (Å²) < 4.78 is 9.93. The molecule has 1 aliphatic heterocycles. The van der Waals surface area contributed by atoms with Gasteiger partial charge in [0.1, 0.15) is 17.7 Å². The molecule has 2 rings (SSSR count). The minimum Gasteiger partial charge on any atom is -0.468 e. The van der Waals surface area contributed by atoms with Crippen LogP contribution in [-0.4, -0.2) is 65.4 Å². The first kappa shape index (κ1) is 22.6. The molecule has 1 fully saturated rings. The Morgan fingerprint density at radius 2 is 1.90 bits per heavy atom. The van der Waals surface area contributed by atoms with Gasteiger partial charge in [-0.05, 0) is 44.9 Å². The lowest BCUT2D eigenvalue weighted by atomic mass is 10.1. The first-order valence-corrected chi connectivity index (χ1v) is 9.41. The number of aliphatic hydroxyl groups excluding tert-OH is 1. The van der Waals surface area contributed by atoms with Gasteiger partial charge in [-0.25, -0.2) is 4.79 Å². The van der Waals surface area contributed by atoms with Crippen LogP contribution in [0.25, 0.3) is 0 Å². The van der Waals surface area contributed by atoms with Gasteiger partial charge in [0.15, 0.2) is 0 Å². The van der Waals surface area contributed by atoms with Gasteiger partial charge < -0.3 is 25.6 Å². The van der Waals surface area contributed by atoms with Crippen LogP contribution in [0.2, 0.25) is 0 Å². The van der Waals surface area contributed by atoms with Gasteiger partial charge in [0.2, 0.25) is 5.91 Å². The number of β-amino-alcohol motifs (C(OH)–C–C–N with tert-alkyl or cyclic N) is 1. The Kier molecular flexibility index (Phi) is 7.21. The molecule has 1 saturated heterocycles. The van der Waals surface area contributed by atoms with Gasteiger partial charge in [-0.2, -0.15) is 0 Å². The molecule has 1 heterocycles. The van der Waals surface area contributed by atoms with Gasteiger partial charge in [-0.15, -0.1) is 0 Å². The number of likely N-dealkylation sites (tertiary alicyclic amines) is 1. The normalized spacial score (nSPS) is 20.1. The molecule has 9 nitrogen and oxygen atoms in total. The Labute approximate surface area is 170 Å². The van der Waals surface area contributed by atoms with Crippen molar-refractivity contribution in [2.24, 2.45) is 5.73 Å². The van der Waals surface area contributed by atoms with Gasteiger partial charge in [-0.3, -0.25) is 14.5 Å². The Hall–Kier alpha value is -2.65. The predicted molar refractivity (Wildman–Crippen MR) is 106 cm³/mol. The Morgan fingerprint density at radius 1 is 1.28 bits per heavy atom. The topological polar surface area (TPSA) is 131 Å². The average molecular weight is 407 g/mol. The maximum absolute atomic E-state index is 12.7. The molecule has 0 spiro atoms. The number of rotatable bonds is 5. The number of nitrogens with one attached hydrogen (secondary N) is 1. The maximum Gasteiger partial charge on any atom is 0.411 e. The van der Waals surface area contributed by atoms with E-state index in [2.05, 4.69) is 10.1 Å². The van der Waals surface area contributed by atoms with Crippen molar-refractivity contribution in [3.8, 4) is 0 Å². The van der Waals surface area contributed by atoms with Crippen molar-refractivity contribution in [1.29, 1.82) is 0 Å². The number of nitrogens with zero attached hydrogens (tertiary/aromatic N) is 1. The van der Waals surface area contributed by atoms with Crippen molar-refractivity contribution in [1.82, 2.24) is 4.90 Å². The van der Waals surface area contributed by atoms with Gasteiger partial charge >= 0.3 is 12.1 Å². The fourth-order valence-corrected chi connectivity index (χ4v) is 3.02. The molecule has 0 aliphatic carbocycles. The van der Waals surface area contributed by atoms with Crippen LogP contribution in [0.5, 0.6) is 0 Å². The lowest BCUT2D eigenvalue weighted by Crippen LogP contribution is -2.45. The van der Waals surface area contributed by atoms with E-state index < -0.39 is 41.8 Å². The molecule has 29 heavy (non-hydrogen) atoms. The number of carbonyl (C=O) groups excluding carboxylic acids is 3. The van der Waals surface area contributed by atoms with Gasteiger partial charge in [0.05, 0.1) is 19.8 Å². The largest absolute Gasteiger partial charge is 0.468 e. The quantitative estimate of drug-likeness (QED) is 0.622. The molecular formula is C20H29N3O6. The number of aliphatic hydroxyl groups is 1. The number of carbonyl (C=O) groups is 3. The van der Waals surface area contributed by atoms with E-state index in [1.807, 2.05) is 0 Å². The monoisotopic (exact) mass is 407 g/mol. The number of hydrogen-bond acceptors (Lipinski definition) is 7. The van der Waals surface area contributed by atoms with E-state index in [0.29, 0.717) is 12.1 Å². The summed E-state index contributed by atoms with van der Waals surface area (Å²) in [5, 5.41) is 12.7. The number of amides is 2. The summed E-state index contributed by atoms with van der Waals surface area (Å²) in [5.41, 5.74) is 6.38. The molecule has 4 N–H and O–H groups in total. The Bertz CT molecular complexity index is 744. The van der Waals surface area contributed by atoms with E-state index in [9.17, 15) is 19.5 Å². The van der Waals surface area contributed by atoms with E-state index >= 15 is 0 Å². The van der Waals surface area contributed by atoms with E-state index in [1.54, 1.807) is 45.0 Å². The summed E-state index contributed by atoms with van der Waals surface area (Å²) in [6, 6.07) is 5.26. The van der Waals surface area contributed by atoms with Crippen molar-refractivity contribution < 1.29 is 29.0 Å². The molecule has 0 radical (unpaired) electrons. The third-order valence-corrected chi connectivity index (χ3v) is 4.39. The number of ether oxygens (including phenoxy) is 2. The molecule has 1 unspecified atom stereocenters. The second-order valence-corrected chi connectivity index (χ2v) is 8.06. The van der Waals surface area contributed by atoms with E-state index in [4.69, 9.17) is 10.5 Å². The lowest BCUT2D eigenvalue weighted by molar-refractivity contribution is -0.142. The van der Waals surface area contributed by atoms with Crippen LogP contribution in [0.4, 0.5) is 10.5 Å². The molecule has 0 saturated carbocycles. The first-order valence-electron chi connectivity index (χ1n) is 9.41. The zero-order chi connectivity index (χ0) is 21.8. The molecule has 9 heteroatoms. The molecule has 0 bridgehead atoms. The van der Waals surface area contributed by atoms with Crippen LogP contribution >= 0.6 is 0 Å². The molecule has 2 amide bonds. The van der Waals surface area contributed by atoms with Crippen LogP contribution in [-0.2, 0) is 25.5 Å². The van der Waals surface area contributed by atoms with Crippen molar-refractivity contribution in [3.63, 3.8) is 0 Å². The van der Waals surface area contributed by atoms with Crippen molar-refractivity contribution in [2.75, 3.05) is 19.0 Å². The standard InChI is InChI=1S/C20H29N3O6/c1-20(2,3)29-19(27)23-11-14(24)10-16(23)17(25)22-13-7-5-12(6-8-13)9-15(21)18(26)28-4/h5-8,14-16,24H,9-11,21H2,1-4H3,(H,22,25)/t14?,15-,16-/m0/s1. The zero-order valence-corrected chi connectivity index (χ0v) is 17.2. The molecule has 1 aromatic rings. The molecule has 1 aromatic carbocycles. The molecule has 0 aromatic heterocycles. The van der Waals surface area contributed by atoms with Crippen molar-refractivity contribution in [2.45, 2.75) is 57.4 Å². The number of anilines is 1. The van der Waals surface area contributed by atoms with E-state index in [0.717, 1.165) is 5.56 Å². The van der Waals surface area contributed by atoms with Crippen molar-refractivity contribution >= 4 is 23.7 Å². The summed E-state index contributed by atoms with van der Waals surface area (Å²) in [7, 11) is 1.28. The average Bonchev–Trinajstić information content (AvgIpc) is 3.03. The minimum absolute atomic E-state index is 0.0390. The summed E-state index contributed by atoms with van der Waals surface area (Å²) in [6.07, 6.45) is -0.985. The molecule has 160 valence electrons. The fourth-order valence-electron chi connectivity index (χ4n) is 3.02. The van der Waals surface area contributed by atoms with Crippen LogP contribution in [0.15, 0.2) is 24.3 Å². The smallest absolute Gasteiger partial charge is 0.411 e. The van der Waals surface area contributed by atoms with Crippen LogP contribution in [0.1, 0.15) is 32.8 Å². The predicted octanol–water partition coefficient (Wildman–Crippen LogP) is 1.04. The highest BCUT2D eigenvalue weighted by Crippen LogP contribution is 2.23. The first-order chi connectivity index (χ1) is 13.5. The number of nitrogens with two attached hydrogens (primary N) is 1. The highest BCUT2D eigenvalue weighted by molar-refractivity contribution is 5.97. The maximum atomic E-state index is 12.7. The highest BCUT2D eigenvalue weighted by atomic mass is 16.6.